The van der Waals surface area contributed by atoms with Crippen LogP contribution in [0.3, 0.4) is 0 Å². The van der Waals surface area contributed by atoms with Gasteiger partial charge in [-0.2, -0.15) is 0 Å². The van der Waals surface area contributed by atoms with Crippen LogP contribution in [0.2, 0.25) is 0 Å². The number of carbonyl (C=O) groups is 1. The molecule has 3 atom stereocenters. The van der Waals surface area contributed by atoms with Crippen LogP contribution in [0.4, 0.5) is 0 Å². The standard InChI is InChI=1S/C10H17Br2NO2/c1-6(2)13-8(14)7(15-4)10(3,5-11)9(13)12/h6-7,9H,5H2,1-4H3/t7-,9-,10+/m1/s1. The summed E-state index contributed by atoms with van der Waals surface area (Å²) in [5, 5.41) is 0.726. The lowest BCUT2D eigenvalue weighted by atomic mass is 9.89. The number of hydrogen-bond acceptors (Lipinski definition) is 2. The Labute approximate surface area is 108 Å². The summed E-state index contributed by atoms with van der Waals surface area (Å²) in [6, 6.07) is 0.181. The number of hydrogen-bond donors (Lipinski definition) is 0. The molecule has 1 saturated heterocycles. The molecular formula is C10H17Br2NO2. The summed E-state index contributed by atoms with van der Waals surface area (Å²) in [6.45, 7) is 6.08. The molecule has 15 heavy (non-hydrogen) atoms. The van der Waals surface area contributed by atoms with E-state index in [1.54, 1.807) is 7.11 Å². The molecule has 0 aromatic heterocycles. The number of amides is 1. The highest BCUT2D eigenvalue weighted by molar-refractivity contribution is 9.10. The summed E-state index contributed by atoms with van der Waals surface area (Å²) in [5.41, 5.74) is -0.226. The zero-order chi connectivity index (χ0) is 11.8. The molecule has 1 fully saturated rings. The first-order valence-electron chi connectivity index (χ1n) is 4.95. The average molecular weight is 343 g/mol. The minimum atomic E-state index is -0.372. The van der Waals surface area contributed by atoms with Crippen molar-refractivity contribution < 1.29 is 9.53 Å². The Kier molecular flexibility index (Phi) is 4.23. The van der Waals surface area contributed by atoms with Gasteiger partial charge in [0.25, 0.3) is 5.91 Å². The third-order valence-electron chi connectivity index (χ3n) is 2.95. The zero-order valence-electron chi connectivity index (χ0n) is 9.46. The van der Waals surface area contributed by atoms with Crippen LogP contribution in [-0.2, 0) is 9.53 Å². The van der Waals surface area contributed by atoms with E-state index >= 15 is 0 Å². The van der Waals surface area contributed by atoms with E-state index in [1.165, 1.54) is 0 Å². The molecule has 0 spiro atoms. The second-order valence-corrected chi connectivity index (χ2v) is 5.86. The SMILES string of the molecule is CO[C@@H]1C(=O)N(C(C)C)[C@@H](Br)[C@@]1(C)CBr. The van der Waals surface area contributed by atoms with Crippen LogP contribution in [0.15, 0.2) is 0 Å². The summed E-state index contributed by atoms with van der Waals surface area (Å²) in [7, 11) is 1.59. The first kappa shape index (κ1) is 13.5. The van der Waals surface area contributed by atoms with Gasteiger partial charge in [0.05, 0.1) is 4.95 Å². The molecule has 1 heterocycles. The molecule has 0 unspecified atom stereocenters. The van der Waals surface area contributed by atoms with E-state index in [2.05, 4.69) is 38.8 Å². The molecule has 1 aliphatic rings. The van der Waals surface area contributed by atoms with Gasteiger partial charge in [-0.3, -0.25) is 4.79 Å². The number of rotatable bonds is 3. The Morgan fingerprint density at radius 2 is 2.13 bits per heavy atom. The van der Waals surface area contributed by atoms with Gasteiger partial charge in [-0.25, -0.2) is 0 Å². The van der Waals surface area contributed by atoms with E-state index in [4.69, 9.17) is 4.74 Å². The molecule has 0 radical (unpaired) electrons. The van der Waals surface area contributed by atoms with Crippen molar-refractivity contribution in [2.75, 3.05) is 12.4 Å². The molecule has 1 rings (SSSR count). The predicted molar refractivity (Wildman–Crippen MR) is 67.4 cm³/mol. The number of halogens is 2. The number of carbonyl (C=O) groups excluding carboxylic acids is 1. The summed E-state index contributed by atoms with van der Waals surface area (Å²) in [6.07, 6.45) is -0.372. The second-order valence-electron chi connectivity index (χ2n) is 4.43. The molecule has 0 bridgehead atoms. The molecule has 3 nitrogen and oxygen atoms in total. The van der Waals surface area contributed by atoms with Crippen LogP contribution >= 0.6 is 31.9 Å². The van der Waals surface area contributed by atoms with Crippen molar-refractivity contribution in [1.82, 2.24) is 4.90 Å². The van der Waals surface area contributed by atoms with Crippen molar-refractivity contribution in [2.24, 2.45) is 5.41 Å². The van der Waals surface area contributed by atoms with Crippen molar-refractivity contribution in [1.29, 1.82) is 0 Å². The van der Waals surface area contributed by atoms with E-state index in [0.717, 1.165) is 5.33 Å². The van der Waals surface area contributed by atoms with E-state index in [0.29, 0.717) is 0 Å². The predicted octanol–water partition coefficient (Wildman–Crippen LogP) is 2.37. The minimum absolute atomic E-state index is 0.0156. The van der Waals surface area contributed by atoms with Gasteiger partial charge in [0.2, 0.25) is 0 Å². The van der Waals surface area contributed by atoms with Crippen LogP contribution in [0.25, 0.3) is 0 Å². The smallest absolute Gasteiger partial charge is 0.253 e. The van der Waals surface area contributed by atoms with Crippen molar-refractivity contribution in [3.63, 3.8) is 0 Å². The van der Waals surface area contributed by atoms with Crippen molar-refractivity contribution in [2.45, 2.75) is 37.9 Å². The number of likely N-dealkylation sites (tertiary alicyclic amines) is 1. The fourth-order valence-electron chi connectivity index (χ4n) is 1.99. The molecule has 0 aliphatic carbocycles. The first-order valence-corrected chi connectivity index (χ1v) is 6.98. The van der Waals surface area contributed by atoms with Gasteiger partial charge >= 0.3 is 0 Å². The van der Waals surface area contributed by atoms with Gasteiger partial charge in [-0.05, 0) is 13.8 Å². The maximum absolute atomic E-state index is 12.1. The Morgan fingerprint density at radius 1 is 1.60 bits per heavy atom. The fourth-order valence-corrected chi connectivity index (χ4v) is 4.10. The highest BCUT2D eigenvalue weighted by atomic mass is 79.9. The Morgan fingerprint density at radius 3 is 2.40 bits per heavy atom. The molecule has 0 N–H and O–H groups in total. The quantitative estimate of drug-likeness (QED) is 0.582. The van der Waals surface area contributed by atoms with Crippen molar-refractivity contribution in [3.8, 4) is 0 Å². The Hall–Kier alpha value is 0.390. The van der Waals surface area contributed by atoms with E-state index in [1.807, 2.05) is 18.7 Å². The van der Waals surface area contributed by atoms with Gasteiger partial charge < -0.3 is 9.64 Å². The monoisotopic (exact) mass is 341 g/mol. The van der Waals surface area contributed by atoms with Gasteiger partial charge in [0, 0.05) is 23.9 Å². The highest BCUT2D eigenvalue weighted by Gasteiger charge is 2.56. The Bertz CT molecular complexity index is 256. The Balaban J connectivity index is 3.07. The second kappa shape index (κ2) is 4.72. The van der Waals surface area contributed by atoms with E-state index < -0.39 is 0 Å². The maximum Gasteiger partial charge on any atom is 0.253 e. The minimum Gasteiger partial charge on any atom is -0.371 e. The molecule has 88 valence electrons. The molecule has 0 aromatic carbocycles. The molecule has 0 aromatic rings. The van der Waals surface area contributed by atoms with Gasteiger partial charge in [0.1, 0.15) is 6.10 Å². The zero-order valence-corrected chi connectivity index (χ0v) is 12.6. The largest absolute Gasteiger partial charge is 0.371 e. The van der Waals surface area contributed by atoms with Crippen LogP contribution in [-0.4, -0.2) is 40.3 Å². The lowest BCUT2D eigenvalue weighted by Crippen LogP contribution is -2.40. The summed E-state index contributed by atoms with van der Waals surface area (Å²) >= 11 is 7.07. The molecule has 1 amide bonds. The van der Waals surface area contributed by atoms with Crippen LogP contribution < -0.4 is 0 Å². The van der Waals surface area contributed by atoms with Gasteiger partial charge in [-0.1, -0.05) is 38.8 Å². The normalized spacial score (nSPS) is 36.7. The van der Waals surface area contributed by atoms with Crippen LogP contribution in [0.5, 0.6) is 0 Å². The van der Waals surface area contributed by atoms with Gasteiger partial charge in [-0.15, -0.1) is 0 Å². The molecule has 1 aliphatic heterocycles. The average Bonchev–Trinajstić information content (AvgIpc) is 2.35. The highest BCUT2D eigenvalue weighted by Crippen LogP contribution is 2.44. The van der Waals surface area contributed by atoms with Crippen LogP contribution in [0, 0.1) is 5.41 Å². The van der Waals surface area contributed by atoms with Crippen molar-refractivity contribution in [3.05, 3.63) is 0 Å². The summed E-state index contributed by atoms with van der Waals surface area (Å²) in [4.78, 5) is 14.0. The third kappa shape index (κ3) is 1.98. The molecular weight excluding hydrogens is 326 g/mol. The summed E-state index contributed by atoms with van der Waals surface area (Å²) in [5.74, 6) is 0.0660. The third-order valence-corrected chi connectivity index (χ3v) is 5.64. The number of nitrogens with zero attached hydrogens (tertiary/aromatic N) is 1. The van der Waals surface area contributed by atoms with Crippen molar-refractivity contribution >= 4 is 37.8 Å². The van der Waals surface area contributed by atoms with Crippen LogP contribution in [0.1, 0.15) is 20.8 Å². The number of alkyl halides is 2. The lowest BCUT2D eigenvalue weighted by molar-refractivity contribution is -0.138. The maximum atomic E-state index is 12.1. The molecule has 0 saturated carbocycles. The van der Waals surface area contributed by atoms with E-state index in [9.17, 15) is 4.79 Å². The molecule has 5 heteroatoms. The first-order chi connectivity index (χ1) is 6.90. The summed E-state index contributed by atoms with van der Waals surface area (Å²) < 4.78 is 5.33. The van der Waals surface area contributed by atoms with E-state index in [-0.39, 0.29) is 28.4 Å². The number of methoxy groups -OCH3 is 1. The van der Waals surface area contributed by atoms with Gasteiger partial charge in [0.15, 0.2) is 0 Å². The lowest BCUT2D eigenvalue weighted by Gasteiger charge is -2.32. The number of ether oxygens (including phenoxy) is 1. The fraction of sp³-hybridized carbons (Fsp3) is 0.900. The topological polar surface area (TPSA) is 29.5 Å².